The number of hydrogen-bond acceptors (Lipinski definition) is 10. The molecule has 60 heavy (non-hydrogen) atoms. The van der Waals surface area contributed by atoms with Crippen molar-refractivity contribution in [2.45, 2.75) is 71.3 Å². The first-order valence-electron chi connectivity index (χ1n) is 19.1. The van der Waals surface area contributed by atoms with Gasteiger partial charge in [-0.2, -0.15) is 0 Å². The number of hydrogen-bond donors (Lipinski definition) is 6. The van der Waals surface area contributed by atoms with Gasteiger partial charge in [-0.1, -0.05) is 24.8 Å². The normalized spacial score (nSPS) is 17.5. The van der Waals surface area contributed by atoms with Crippen LogP contribution < -0.4 is 5.32 Å². The molecule has 6 N–H and O–H groups in total. The summed E-state index contributed by atoms with van der Waals surface area (Å²) < 4.78 is 10.4. The van der Waals surface area contributed by atoms with Gasteiger partial charge in [-0.25, -0.2) is 14.6 Å². The highest BCUT2D eigenvalue weighted by Gasteiger charge is 2.53. The molecule has 0 saturated heterocycles. The Morgan fingerprint density at radius 3 is 2.13 bits per heavy atom. The Kier molecular flexibility index (Phi) is 11.8. The standard InChI is InChI=1S/C44H45N5O11/c1-8-23-20(2)29-16-34-27-12-9-26(42(57)59-6)40(43(58)60-7)44(27,5)36(48-34)18-30-22(4)25(11-14-38(51)52)33(47-30)17-32-24(21(3)28(46-32)15-31(23)45-29)10-13-37(50)49-35(41(55)56)19-39(53)54/h8-9,12,15-18,35,40,45,47H,1,10-11,13-14,19H2,2-7H3,(H,49,50)(H,51,52)(H,53,54)(H,55,56)/t35-,40-,44+/m0/s1. The van der Waals surface area contributed by atoms with Gasteiger partial charge in [-0.15, -0.1) is 0 Å². The highest BCUT2D eigenvalue weighted by molar-refractivity contribution is 6.02. The molecular formula is C44H45N5O11. The molecule has 8 bridgehead atoms. The molecule has 0 saturated carbocycles. The van der Waals surface area contributed by atoms with Crippen LogP contribution in [0.1, 0.15) is 84.6 Å². The largest absolute Gasteiger partial charge is 0.481 e. The molecule has 16 heteroatoms. The number of nitrogens with one attached hydrogen (secondary N) is 3. The first-order chi connectivity index (χ1) is 28.4. The highest BCUT2D eigenvalue weighted by Crippen LogP contribution is 2.52. The molecule has 0 fully saturated rings. The van der Waals surface area contributed by atoms with Gasteiger partial charge in [-0.3, -0.25) is 24.2 Å². The number of nitrogens with zero attached hydrogens (tertiary/aromatic N) is 2. The first kappa shape index (κ1) is 42.5. The Balaban J connectivity index is 1.66. The van der Waals surface area contributed by atoms with Crippen LogP contribution in [0.2, 0.25) is 0 Å². The summed E-state index contributed by atoms with van der Waals surface area (Å²) in [6.07, 6.45) is 4.04. The van der Waals surface area contributed by atoms with Crippen LogP contribution in [0, 0.1) is 19.8 Å². The maximum Gasteiger partial charge on any atom is 0.334 e. The molecule has 3 atom stereocenters. The number of esters is 2. The molecule has 0 radical (unpaired) electrons. The Hall–Kier alpha value is -7.10. The van der Waals surface area contributed by atoms with Crippen molar-refractivity contribution in [1.82, 2.24) is 25.3 Å². The van der Waals surface area contributed by atoms with Gasteiger partial charge in [0.25, 0.3) is 0 Å². The maximum absolute atomic E-state index is 13.7. The molecule has 1 amide bonds. The highest BCUT2D eigenvalue weighted by atomic mass is 16.5. The molecule has 0 unspecified atom stereocenters. The van der Waals surface area contributed by atoms with Crippen LogP contribution in [0.3, 0.4) is 0 Å². The number of fused-ring (bicyclic) bond motifs is 11. The van der Waals surface area contributed by atoms with Crippen LogP contribution in [0.25, 0.3) is 44.9 Å². The minimum atomic E-state index is -1.62. The number of aryl methyl sites for hydroxylation is 3. The van der Waals surface area contributed by atoms with Crippen LogP contribution in [-0.4, -0.2) is 91.3 Å². The summed E-state index contributed by atoms with van der Waals surface area (Å²) in [6, 6.07) is 5.62. The molecule has 1 aliphatic carbocycles. The SMILES string of the molecule is C=Cc1c(C)c2cc3nc(cc4[nH]c(cc5nc(cc1[nH]2)C(C)=C5CCC(=O)N[C@@H](CC(=O)O)C(=O)O)c(CCC(=O)O)c4C)[C@@]1(C)C3=CC=C(C(=O)OC)[C@H]1C(=O)OC. The average molecular weight is 820 g/mol. The van der Waals surface area contributed by atoms with Crippen molar-refractivity contribution in [3.05, 3.63) is 93.6 Å². The lowest BCUT2D eigenvalue weighted by molar-refractivity contribution is -0.149. The zero-order valence-electron chi connectivity index (χ0n) is 33.9. The molecule has 0 aromatic carbocycles. The van der Waals surface area contributed by atoms with E-state index in [1.807, 2.05) is 39.8 Å². The lowest BCUT2D eigenvalue weighted by atomic mass is 9.64. The van der Waals surface area contributed by atoms with Crippen LogP contribution in [0.15, 0.2) is 48.6 Å². The fraction of sp³-hybridized carbons (Fsp3) is 0.318. The predicted octanol–water partition coefficient (Wildman–Crippen LogP) is 5.59. The zero-order chi connectivity index (χ0) is 43.8. The van der Waals surface area contributed by atoms with Crippen molar-refractivity contribution in [2.75, 3.05) is 14.2 Å². The van der Waals surface area contributed by atoms with Crippen molar-refractivity contribution >= 4 is 80.6 Å². The van der Waals surface area contributed by atoms with E-state index in [9.17, 15) is 39.0 Å². The Bertz CT molecular complexity index is 2660. The predicted molar refractivity (Wildman–Crippen MR) is 221 cm³/mol. The number of methoxy groups -OCH3 is 2. The van der Waals surface area contributed by atoms with E-state index in [2.05, 4.69) is 21.9 Å². The second-order valence-corrected chi connectivity index (χ2v) is 15.0. The minimum Gasteiger partial charge on any atom is -0.481 e. The Morgan fingerprint density at radius 2 is 1.50 bits per heavy atom. The number of allylic oxidation sites excluding steroid dienone is 5. The molecule has 3 aromatic rings. The van der Waals surface area contributed by atoms with Crippen LogP contribution in [-0.2, 0) is 50.1 Å². The number of rotatable bonds is 13. The fourth-order valence-corrected chi connectivity index (χ4v) is 8.23. The molecule has 16 nitrogen and oxygen atoms in total. The van der Waals surface area contributed by atoms with E-state index in [0.29, 0.717) is 67.1 Å². The second kappa shape index (κ2) is 16.6. The third kappa shape index (κ3) is 7.75. The van der Waals surface area contributed by atoms with Crippen molar-refractivity contribution < 1.29 is 53.6 Å². The number of ether oxygens (including phenoxy) is 2. The van der Waals surface area contributed by atoms with Gasteiger partial charge in [0.05, 0.1) is 54.4 Å². The van der Waals surface area contributed by atoms with Crippen LogP contribution >= 0.6 is 0 Å². The molecular weight excluding hydrogens is 775 g/mol. The maximum atomic E-state index is 13.7. The molecule has 312 valence electrons. The topological polar surface area (TPSA) is 251 Å². The molecule has 3 aromatic heterocycles. The first-order valence-corrected chi connectivity index (χ1v) is 19.1. The van der Waals surface area contributed by atoms with E-state index in [4.69, 9.17) is 24.5 Å². The van der Waals surface area contributed by atoms with E-state index in [1.54, 1.807) is 30.4 Å². The smallest absolute Gasteiger partial charge is 0.334 e. The zero-order valence-corrected chi connectivity index (χ0v) is 33.9. The lowest BCUT2D eigenvalue weighted by Gasteiger charge is -2.36. The molecule has 2 aliphatic heterocycles. The van der Waals surface area contributed by atoms with Crippen molar-refractivity contribution in [1.29, 1.82) is 0 Å². The molecule has 5 heterocycles. The third-order valence-electron chi connectivity index (χ3n) is 11.5. The van der Waals surface area contributed by atoms with Gasteiger partial charge in [0.1, 0.15) is 12.0 Å². The quantitative estimate of drug-likeness (QED) is 0.115. The summed E-state index contributed by atoms with van der Waals surface area (Å²) in [5.41, 5.74) is 8.16. The van der Waals surface area contributed by atoms with Gasteiger partial charge in [-0.05, 0) is 98.2 Å². The summed E-state index contributed by atoms with van der Waals surface area (Å²) in [7, 11) is 2.47. The number of aromatic amines is 2. The number of carbonyl (C=O) groups is 6. The molecule has 6 rings (SSSR count). The minimum absolute atomic E-state index is 0.0832. The van der Waals surface area contributed by atoms with E-state index in [-0.39, 0.29) is 31.3 Å². The Morgan fingerprint density at radius 1 is 0.833 bits per heavy atom. The number of carboxylic acid groups (broad SMARTS) is 3. The average Bonchev–Trinajstić information content (AvgIpc) is 3.85. The van der Waals surface area contributed by atoms with E-state index < -0.39 is 59.5 Å². The van der Waals surface area contributed by atoms with Gasteiger partial charge in [0.15, 0.2) is 0 Å². The van der Waals surface area contributed by atoms with Gasteiger partial charge >= 0.3 is 29.8 Å². The van der Waals surface area contributed by atoms with Gasteiger partial charge in [0, 0.05) is 40.5 Å². The number of carbonyl (C=O) groups excluding carboxylic acids is 3. The fourth-order valence-electron chi connectivity index (χ4n) is 8.23. The van der Waals surface area contributed by atoms with Gasteiger partial charge < -0.3 is 40.1 Å². The monoisotopic (exact) mass is 819 g/mol. The molecule has 3 aliphatic rings. The van der Waals surface area contributed by atoms with Gasteiger partial charge in [0.2, 0.25) is 5.91 Å². The van der Waals surface area contributed by atoms with Crippen molar-refractivity contribution in [3.8, 4) is 0 Å². The van der Waals surface area contributed by atoms with Crippen molar-refractivity contribution in [2.24, 2.45) is 5.92 Å². The summed E-state index contributed by atoms with van der Waals surface area (Å²) in [6.45, 7) is 11.5. The number of aromatic nitrogens is 4. The van der Waals surface area contributed by atoms with Crippen LogP contribution in [0.5, 0.6) is 0 Å². The Labute approximate surface area is 343 Å². The summed E-state index contributed by atoms with van der Waals surface area (Å²) in [5, 5.41) is 30.7. The van der Waals surface area contributed by atoms with E-state index in [0.717, 1.165) is 16.7 Å². The van der Waals surface area contributed by atoms with E-state index >= 15 is 0 Å². The summed E-state index contributed by atoms with van der Waals surface area (Å²) in [4.78, 5) is 91.8. The second-order valence-electron chi connectivity index (χ2n) is 15.0. The lowest BCUT2D eigenvalue weighted by Crippen LogP contribution is -2.42. The molecule has 0 spiro atoms. The third-order valence-corrected chi connectivity index (χ3v) is 11.5. The van der Waals surface area contributed by atoms with E-state index in [1.165, 1.54) is 14.2 Å². The summed E-state index contributed by atoms with van der Waals surface area (Å²) in [5.74, 6) is -7.08. The number of carboxylic acids is 3. The number of H-pyrrole nitrogens is 2. The van der Waals surface area contributed by atoms with Crippen LogP contribution in [0.4, 0.5) is 0 Å². The van der Waals surface area contributed by atoms with Crippen molar-refractivity contribution in [3.63, 3.8) is 0 Å². The summed E-state index contributed by atoms with van der Waals surface area (Å²) >= 11 is 0. The number of amides is 1. The number of aliphatic carboxylic acids is 3.